The van der Waals surface area contributed by atoms with Crippen molar-refractivity contribution in [3.8, 4) is 0 Å². The smallest absolute Gasteiger partial charge is 0.216 e. The highest BCUT2D eigenvalue weighted by Crippen LogP contribution is 2.23. The lowest BCUT2D eigenvalue weighted by Gasteiger charge is -2.36. The molecule has 2 heterocycles. The number of piperidine rings is 1. The second-order valence-corrected chi connectivity index (χ2v) is 7.41. The van der Waals surface area contributed by atoms with Gasteiger partial charge in [0.2, 0.25) is 10.0 Å². The molecule has 0 radical (unpaired) electrons. The Kier molecular flexibility index (Phi) is 4.64. The van der Waals surface area contributed by atoms with E-state index in [4.69, 9.17) is 10.5 Å². The van der Waals surface area contributed by atoms with Gasteiger partial charge in [-0.2, -0.15) is 0 Å². The first-order valence-electron chi connectivity index (χ1n) is 6.88. The Balaban J connectivity index is 1.96. The Morgan fingerprint density at radius 3 is 2.78 bits per heavy atom. The number of rotatable bonds is 4. The molecule has 2 fully saturated rings. The molecule has 3 atom stereocenters. The molecule has 5 nitrogen and oxygen atoms in total. The van der Waals surface area contributed by atoms with Crippen LogP contribution < -0.4 is 5.73 Å². The second kappa shape index (κ2) is 5.86. The van der Waals surface area contributed by atoms with Crippen LogP contribution in [0.1, 0.15) is 32.6 Å². The first kappa shape index (κ1) is 14.2. The fraction of sp³-hybridized carbons (Fsp3) is 1.00. The standard InChI is InChI=1S/C12H24N2O3S/c1-2-10-8-14(6-5-12(10)13)18(15,16)9-11-4-3-7-17-11/h10-12H,2-9,13H2,1H3. The molecule has 0 aromatic heterocycles. The van der Waals surface area contributed by atoms with Crippen LogP contribution in [0.4, 0.5) is 0 Å². The van der Waals surface area contributed by atoms with Crippen LogP contribution >= 0.6 is 0 Å². The van der Waals surface area contributed by atoms with E-state index in [1.54, 1.807) is 4.31 Å². The molecule has 0 aromatic carbocycles. The minimum Gasteiger partial charge on any atom is -0.377 e. The topological polar surface area (TPSA) is 72.6 Å². The first-order chi connectivity index (χ1) is 8.53. The SMILES string of the molecule is CCC1CN(S(=O)(=O)CC2CCCO2)CCC1N. The third-order valence-electron chi connectivity index (χ3n) is 4.09. The summed E-state index contributed by atoms with van der Waals surface area (Å²) >= 11 is 0. The summed E-state index contributed by atoms with van der Waals surface area (Å²) in [7, 11) is -3.18. The van der Waals surface area contributed by atoms with Gasteiger partial charge in [-0.25, -0.2) is 12.7 Å². The summed E-state index contributed by atoms with van der Waals surface area (Å²) < 4.78 is 31.7. The van der Waals surface area contributed by atoms with E-state index >= 15 is 0 Å². The highest BCUT2D eigenvalue weighted by Gasteiger charge is 2.34. The van der Waals surface area contributed by atoms with Gasteiger partial charge in [-0.05, 0) is 25.2 Å². The fourth-order valence-corrected chi connectivity index (χ4v) is 4.56. The Hall–Kier alpha value is -0.170. The predicted octanol–water partition coefficient (Wildman–Crippen LogP) is 0.554. The highest BCUT2D eigenvalue weighted by atomic mass is 32.2. The normalized spacial score (nSPS) is 34.9. The third kappa shape index (κ3) is 3.23. The van der Waals surface area contributed by atoms with Crippen molar-refractivity contribution >= 4 is 10.0 Å². The minimum atomic E-state index is -3.18. The van der Waals surface area contributed by atoms with Crippen LogP contribution in [0, 0.1) is 5.92 Å². The second-order valence-electron chi connectivity index (χ2n) is 5.39. The molecule has 2 rings (SSSR count). The zero-order chi connectivity index (χ0) is 13.2. The molecule has 2 N–H and O–H groups in total. The van der Waals surface area contributed by atoms with Crippen LogP contribution in [0.5, 0.6) is 0 Å². The quantitative estimate of drug-likeness (QED) is 0.814. The van der Waals surface area contributed by atoms with Gasteiger partial charge < -0.3 is 10.5 Å². The molecule has 3 unspecified atom stereocenters. The number of ether oxygens (including phenoxy) is 1. The van der Waals surface area contributed by atoms with E-state index in [1.165, 1.54) is 0 Å². The van der Waals surface area contributed by atoms with Crippen molar-refractivity contribution in [2.75, 3.05) is 25.4 Å². The maximum atomic E-state index is 12.3. The zero-order valence-corrected chi connectivity index (χ0v) is 11.9. The first-order valence-corrected chi connectivity index (χ1v) is 8.49. The fourth-order valence-electron chi connectivity index (χ4n) is 2.82. The minimum absolute atomic E-state index is 0.106. The predicted molar refractivity (Wildman–Crippen MR) is 70.7 cm³/mol. The van der Waals surface area contributed by atoms with Crippen molar-refractivity contribution in [2.45, 2.75) is 44.8 Å². The molecule has 18 heavy (non-hydrogen) atoms. The van der Waals surface area contributed by atoms with E-state index in [2.05, 4.69) is 6.92 Å². The lowest BCUT2D eigenvalue weighted by atomic mass is 9.92. The number of nitrogens with zero attached hydrogens (tertiary/aromatic N) is 1. The summed E-state index contributed by atoms with van der Waals surface area (Å²) in [5, 5.41) is 0. The molecule has 0 saturated carbocycles. The average molecular weight is 276 g/mol. The molecule has 106 valence electrons. The van der Waals surface area contributed by atoms with Gasteiger partial charge in [0.15, 0.2) is 0 Å². The van der Waals surface area contributed by atoms with Crippen molar-refractivity contribution in [3.05, 3.63) is 0 Å². The Morgan fingerprint density at radius 1 is 1.39 bits per heavy atom. The lowest BCUT2D eigenvalue weighted by Crippen LogP contribution is -2.50. The number of hydrogen-bond acceptors (Lipinski definition) is 4. The Morgan fingerprint density at radius 2 is 2.17 bits per heavy atom. The molecule has 2 saturated heterocycles. The summed E-state index contributed by atoms with van der Waals surface area (Å²) in [6.07, 6.45) is 3.44. The molecule has 2 aliphatic heterocycles. The Bertz CT molecular complexity index is 366. The van der Waals surface area contributed by atoms with E-state index in [0.29, 0.717) is 19.7 Å². The summed E-state index contributed by atoms with van der Waals surface area (Å²) in [5.74, 6) is 0.427. The van der Waals surface area contributed by atoms with Gasteiger partial charge in [0.25, 0.3) is 0 Å². The largest absolute Gasteiger partial charge is 0.377 e. The highest BCUT2D eigenvalue weighted by molar-refractivity contribution is 7.89. The van der Waals surface area contributed by atoms with E-state index in [-0.39, 0.29) is 23.8 Å². The van der Waals surface area contributed by atoms with Crippen LogP contribution in [-0.4, -0.2) is 50.3 Å². The summed E-state index contributed by atoms with van der Waals surface area (Å²) in [6.45, 7) is 3.91. The monoisotopic (exact) mass is 276 g/mol. The zero-order valence-electron chi connectivity index (χ0n) is 11.0. The van der Waals surface area contributed by atoms with Crippen LogP contribution in [-0.2, 0) is 14.8 Å². The maximum Gasteiger partial charge on any atom is 0.216 e. The summed E-state index contributed by atoms with van der Waals surface area (Å²) in [5.41, 5.74) is 6.01. The average Bonchev–Trinajstić information content (AvgIpc) is 2.81. The summed E-state index contributed by atoms with van der Waals surface area (Å²) in [6, 6.07) is 0.143. The van der Waals surface area contributed by atoms with Gasteiger partial charge in [0.1, 0.15) is 0 Å². The molecule has 0 aromatic rings. The van der Waals surface area contributed by atoms with Gasteiger partial charge >= 0.3 is 0 Å². The van der Waals surface area contributed by atoms with Crippen LogP contribution in [0.15, 0.2) is 0 Å². The van der Waals surface area contributed by atoms with Crippen molar-refractivity contribution in [1.82, 2.24) is 4.31 Å². The number of sulfonamides is 1. The van der Waals surface area contributed by atoms with Crippen LogP contribution in [0.2, 0.25) is 0 Å². The van der Waals surface area contributed by atoms with Gasteiger partial charge in [0, 0.05) is 25.7 Å². The van der Waals surface area contributed by atoms with Gasteiger partial charge in [-0.1, -0.05) is 13.3 Å². The van der Waals surface area contributed by atoms with Crippen LogP contribution in [0.25, 0.3) is 0 Å². The Labute approximate surface area is 110 Å². The van der Waals surface area contributed by atoms with Crippen molar-refractivity contribution in [2.24, 2.45) is 11.7 Å². The van der Waals surface area contributed by atoms with E-state index < -0.39 is 10.0 Å². The molecular weight excluding hydrogens is 252 g/mol. The molecular formula is C12H24N2O3S. The van der Waals surface area contributed by atoms with E-state index in [0.717, 1.165) is 25.7 Å². The van der Waals surface area contributed by atoms with Crippen molar-refractivity contribution in [1.29, 1.82) is 0 Å². The van der Waals surface area contributed by atoms with Crippen LogP contribution in [0.3, 0.4) is 0 Å². The maximum absolute atomic E-state index is 12.3. The summed E-state index contributed by atoms with van der Waals surface area (Å²) in [4.78, 5) is 0. The van der Waals surface area contributed by atoms with Gasteiger partial charge in [0.05, 0.1) is 11.9 Å². The molecule has 0 bridgehead atoms. The van der Waals surface area contributed by atoms with E-state index in [1.807, 2.05) is 0 Å². The molecule has 2 aliphatic rings. The van der Waals surface area contributed by atoms with Gasteiger partial charge in [-0.3, -0.25) is 0 Å². The van der Waals surface area contributed by atoms with E-state index in [9.17, 15) is 8.42 Å². The van der Waals surface area contributed by atoms with Crippen molar-refractivity contribution < 1.29 is 13.2 Å². The lowest BCUT2D eigenvalue weighted by molar-refractivity contribution is 0.125. The molecule has 6 heteroatoms. The number of hydrogen-bond donors (Lipinski definition) is 1. The third-order valence-corrected chi connectivity index (χ3v) is 6.01. The molecule has 0 amide bonds. The number of nitrogens with two attached hydrogens (primary N) is 1. The van der Waals surface area contributed by atoms with Crippen molar-refractivity contribution in [3.63, 3.8) is 0 Å². The molecule has 0 spiro atoms. The van der Waals surface area contributed by atoms with Gasteiger partial charge in [-0.15, -0.1) is 0 Å². The molecule has 0 aliphatic carbocycles.